The number of anilines is 1. The number of rotatable bonds is 16. The highest BCUT2D eigenvalue weighted by Gasteiger charge is 2.23. The summed E-state index contributed by atoms with van der Waals surface area (Å²) in [6, 6.07) is 18.1. The Labute approximate surface area is 231 Å². The zero-order chi connectivity index (χ0) is 28.0. The first-order chi connectivity index (χ1) is 18.9. The highest BCUT2D eigenvalue weighted by Crippen LogP contribution is 2.33. The number of nitrogens with zero attached hydrogens (tertiary/aromatic N) is 1. The van der Waals surface area contributed by atoms with Crippen LogP contribution in [0.25, 0.3) is 11.1 Å². The van der Waals surface area contributed by atoms with Gasteiger partial charge in [0.05, 0.1) is 22.8 Å². The van der Waals surface area contributed by atoms with Gasteiger partial charge in [-0.25, -0.2) is 4.79 Å². The van der Waals surface area contributed by atoms with E-state index >= 15 is 0 Å². The Morgan fingerprint density at radius 2 is 1.41 bits per heavy atom. The lowest BCUT2D eigenvalue weighted by molar-refractivity contribution is -0.385. The Hall–Kier alpha value is -3.87. The number of benzene rings is 3. The fourth-order valence-corrected chi connectivity index (χ4v) is 4.40. The monoisotopic (exact) mass is 532 g/mol. The molecule has 0 saturated heterocycles. The van der Waals surface area contributed by atoms with E-state index in [9.17, 15) is 14.9 Å². The standard InChI is InChI=1S/C32H40N2O5/c1-3-5-7-8-9-11-21-38-31-23-29(33)28(22-30(31)34(36)37)32(35)39-27-19-17-26(18-20-27)25-15-13-24(14-16-25)12-10-6-4-2/h13-20,22-23H,3-12,21,33H2,1-2H3. The minimum absolute atomic E-state index is 0.0587. The van der Waals surface area contributed by atoms with Crippen molar-refractivity contribution in [3.63, 3.8) is 0 Å². The summed E-state index contributed by atoms with van der Waals surface area (Å²) >= 11 is 0. The molecule has 0 amide bonds. The van der Waals surface area contributed by atoms with Crippen LogP contribution >= 0.6 is 0 Å². The molecule has 7 heteroatoms. The Bertz CT molecular complexity index is 1210. The number of esters is 1. The van der Waals surface area contributed by atoms with E-state index in [-0.39, 0.29) is 22.7 Å². The lowest BCUT2D eigenvalue weighted by atomic mass is 10.0. The average molecular weight is 533 g/mol. The molecule has 0 unspecified atom stereocenters. The molecule has 3 aromatic carbocycles. The number of unbranched alkanes of at least 4 members (excludes halogenated alkanes) is 7. The maximum atomic E-state index is 12.8. The highest BCUT2D eigenvalue weighted by molar-refractivity contribution is 5.97. The zero-order valence-corrected chi connectivity index (χ0v) is 23.1. The molecule has 0 radical (unpaired) electrons. The van der Waals surface area contributed by atoms with Gasteiger partial charge in [0.25, 0.3) is 0 Å². The van der Waals surface area contributed by atoms with Gasteiger partial charge in [0, 0.05) is 12.1 Å². The van der Waals surface area contributed by atoms with E-state index in [0.717, 1.165) is 42.9 Å². The summed E-state index contributed by atoms with van der Waals surface area (Å²) in [4.78, 5) is 23.9. The van der Waals surface area contributed by atoms with Gasteiger partial charge in [0.15, 0.2) is 5.75 Å². The molecular formula is C32H40N2O5. The van der Waals surface area contributed by atoms with Crippen molar-refractivity contribution in [2.45, 2.75) is 78.1 Å². The van der Waals surface area contributed by atoms with Crippen LogP contribution in [-0.4, -0.2) is 17.5 Å². The molecule has 0 aliphatic carbocycles. The molecule has 208 valence electrons. The third kappa shape index (κ3) is 9.13. The summed E-state index contributed by atoms with van der Waals surface area (Å²) in [6.45, 7) is 4.72. The van der Waals surface area contributed by atoms with Crippen LogP contribution in [0.2, 0.25) is 0 Å². The molecule has 0 aliphatic rings. The molecule has 39 heavy (non-hydrogen) atoms. The molecular weight excluding hydrogens is 492 g/mol. The van der Waals surface area contributed by atoms with Crippen LogP contribution in [0.5, 0.6) is 11.5 Å². The van der Waals surface area contributed by atoms with Gasteiger partial charge < -0.3 is 15.2 Å². The first-order valence-electron chi connectivity index (χ1n) is 14.0. The first kappa shape index (κ1) is 29.7. The number of hydrogen-bond acceptors (Lipinski definition) is 6. The van der Waals surface area contributed by atoms with E-state index in [2.05, 4.69) is 38.1 Å². The Morgan fingerprint density at radius 1 is 0.821 bits per heavy atom. The van der Waals surface area contributed by atoms with Crippen molar-refractivity contribution < 1.29 is 19.2 Å². The lowest BCUT2D eigenvalue weighted by Crippen LogP contribution is -2.12. The second-order valence-electron chi connectivity index (χ2n) is 9.85. The molecule has 0 atom stereocenters. The van der Waals surface area contributed by atoms with Gasteiger partial charge in [0.1, 0.15) is 5.75 Å². The molecule has 7 nitrogen and oxygen atoms in total. The second kappa shape index (κ2) is 15.5. The summed E-state index contributed by atoms with van der Waals surface area (Å²) in [5.74, 6) is -0.379. The van der Waals surface area contributed by atoms with Gasteiger partial charge in [-0.3, -0.25) is 10.1 Å². The van der Waals surface area contributed by atoms with Gasteiger partial charge in [0.2, 0.25) is 0 Å². The summed E-state index contributed by atoms with van der Waals surface area (Å²) in [5, 5.41) is 11.7. The fourth-order valence-electron chi connectivity index (χ4n) is 4.40. The van der Waals surface area contributed by atoms with Crippen LogP contribution in [0.15, 0.2) is 60.7 Å². The summed E-state index contributed by atoms with van der Waals surface area (Å²) in [7, 11) is 0. The van der Waals surface area contributed by atoms with E-state index < -0.39 is 10.9 Å². The van der Waals surface area contributed by atoms with E-state index in [0.29, 0.717) is 12.4 Å². The van der Waals surface area contributed by atoms with Crippen LogP contribution in [0.4, 0.5) is 11.4 Å². The van der Waals surface area contributed by atoms with E-state index in [1.807, 2.05) is 12.1 Å². The number of carbonyl (C=O) groups excluding carboxylic acids is 1. The van der Waals surface area contributed by atoms with Crippen molar-refractivity contribution in [2.24, 2.45) is 0 Å². The molecule has 3 aromatic rings. The number of carbonyl (C=O) groups is 1. The van der Waals surface area contributed by atoms with Gasteiger partial charge in [-0.15, -0.1) is 0 Å². The number of hydrogen-bond donors (Lipinski definition) is 1. The number of ether oxygens (including phenoxy) is 2. The zero-order valence-electron chi connectivity index (χ0n) is 23.1. The highest BCUT2D eigenvalue weighted by atomic mass is 16.6. The van der Waals surface area contributed by atoms with Crippen LogP contribution in [0.3, 0.4) is 0 Å². The van der Waals surface area contributed by atoms with E-state index in [1.165, 1.54) is 50.2 Å². The number of nitrogen functional groups attached to an aromatic ring is 1. The van der Waals surface area contributed by atoms with Crippen molar-refractivity contribution in [1.82, 2.24) is 0 Å². The number of aryl methyl sites for hydroxylation is 1. The number of nitro groups is 1. The summed E-state index contributed by atoms with van der Waals surface area (Å²) in [6.07, 6.45) is 11.2. The maximum Gasteiger partial charge on any atom is 0.345 e. The quantitative estimate of drug-likeness (QED) is 0.0495. The average Bonchev–Trinajstić information content (AvgIpc) is 2.93. The third-order valence-electron chi connectivity index (χ3n) is 6.72. The predicted molar refractivity (Wildman–Crippen MR) is 156 cm³/mol. The topological polar surface area (TPSA) is 105 Å². The van der Waals surface area contributed by atoms with Gasteiger partial charge in [-0.1, -0.05) is 95.2 Å². The molecule has 0 heterocycles. The fraction of sp³-hybridized carbons (Fsp3) is 0.406. The van der Waals surface area contributed by atoms with Gasteiger partial charge >= 0.3 is 11.7 Å². The molecule has 3 rings (SSSR count). The van der Waals surface area contributed by atoms with Crippen LogP contribution < -0.4 is 15.2 Å². The normalized spacial score (nSPS) is 10.8. The summed E-state index contributed by atoms with van der Waals surface area (Å²) < 4.78 is 11.1. The molecule has 0 aliphatic heterocycles. The van der Waals surface area contributed by atoms with Gasteiger partial charge in [-0.2, -0.15) is 0 Å². The Morgan fingerprint density at radius 3 is 2.05 bits per heavy atom. The molecule has 0 aromatic heterocycles. The minimum atomic E-state index is -0.762. The lowest BCUT2D eigenvalue weighted by Gasteiger charge is -2.11. The predicted octanol–water partition coefficient (Wildman–Crippen LogP) is 8.54. The number of nitrogens with two attached hydrogens (primary N) is 1. The molecule has 0 fully saturated rings. The molecule has 0 bridgehead atoms. The first-order valence-corrected chi connectivity index (χ1v) is 14.0. The second-order valence-corrected chi connectivity index (χ2v) is 9.85. The van der Waals surface area contributed by atoms with Crippen molar-refractivity contribution in [1.29, 1.82) is 0 Å². The smallest absolute Gasteiger partial charge is 0.345 e. The Balaban J connectivity index is 1.62. The largest absolute Gasteiger partial charge is 0.487 e. The third-order valence-corrected chi connectivity index (χ3v) is 6.72. The van der Waals surface area contributed by atoms with E-state index in [1.54, 1.807) is 12.1 Å². The van der Waals surface area contributed by atoms with Gasteiger partial charge in [-0.05, 0) is 48.1 Å². The SMILES string of the molecule is CCCCCCCCOc1cc(N)c(C(=O)Oc2ccc(-c3ccc(CCCCC)cc3)cc2)cc1[N+](=O)[O-]. The van der Waals surface area contributed by atoms with Crippen LogP contribution in [0, 0.1) is 10.1 Å². The van der Waals surface area contributed by atoms with Crippen molar-refractivity contribution in [3.8, 4) is 22.6 Å². The molecule has 0 saturated carbocycles. The van der Waals surface area contributed by atoms with Crippen molar-refractivity contribution >= 4 is 17.3 Å². The van der Waals surface area contributed by atoms with Crippen LogP contribution in [0.1, 0.15) is 87.6 Å². The van der Waals surface area contributed by atoms with E-state index in [4.69, 9.17) is 15.2 Å². The maximum absolute atomic E-state index is 12.8. The van der Waals surface area contributed by atoms with Crippen molar-refractivity contribution in [3.05, 3.63) is 81.9 Å². The van der Waals surface area contributed by atoms with Crippen molar-refractivity contribution in [2.75, 3.05) is 12.3 Å². The number of nitro benzene ring substituents is 1. The Kier molecular flexibility index (Phi) is 11.8. The molecule has 0 spiro atoms. The summed E-state index contributed by atoms with van der Waals surface area (Å²) in [5.41, 5.74) is 9.16. The minimum Gasteiger partial charge on any atom is -0.487 e. The van der Waals surface area contributed by atoms with Crippen LogP contribution in [-0.2, 0) is 6.42 Å². The molecule has 2 N–H and O–H groups in total.